The van der Waals surface area contributed by atoms with Gasteiger partial charge < -0.3 is 10.1 Å². The summed E-state index contributed by atoms with van der Waals surface area (Å²) < 4.78 is 5.60. The topological polar surface area (TPSA) is 57.9 Å². The molecule has 4 nitrogen and oxygen atoms in total. The number of hydrogen-bond donors (Lipinski definition) is 1. The molecule has 0 spiro atoms. The predicted molar refractivity (Wildman–Crippen MR) is 74.3 cm³/mol. The summed E-state index contributed by atoms with van der Waals surface area (Å²) in [6.45, 7) is 0.215. The van der Waals surface area contributed by atoms with Gasteiger partial charge in [-0.3, -0.25) is 0 Å². The van der Waals surface area contributed by atoms with E-state index in [1.54, 1.807) is 37.4 Å². The number of nitrogens with zero attached hydrogens (tertiary/aromatic N) is 2. The highest BCUT2D eigenvalue weighted by atomic mass is 35.5. The molecule has 0 aliphatic carbocycles. The molecule has 2 rings (SSSR count). The molecule has 1 heterocycles. The Kier molecular flexibility index (Phi) is 4.22. The summed E-state index contributed by atoms with van der Waals surface area (Å²) in [7, 11) is 1.78. The number of ether oxygens (including phenoxy) is 1. The highest BCUT2D eigenvalue weighted by molar-refractivity contribution is 6.31. The van der Waals surface area contributed by atoms with Crippen LogP contribution in [-0.2, 0) is 6.61 Å². The van der Waals surface area contributed by atoms with Crippen LogP contribution < -0.4 is 10.1 Å². The number of benzene rings is 1. The molecule has 0 radical (unpaired) electrons. The van der Waals surface area contributed by atoms with Gasteiger partial charge in [0, 0.05) is 7.05 Å². The van der Waals surface area contributed by atoms with Crippen molar-refractivity contribution in [2.45, 2.75) is 6.61 Å². The largest absolute Gasteiger partial charge is 0.486 e. The summed E-state index contributed by atoms with van der Waals surface area (Å²) in [6, 6.07) is 12.7. The smallest absolute Gasteiger partial charge is 0.137 e. The number of anilines is 1. The molecule has 1 aromatic heterocycles. The summed E-state index contributed by atoms with van der Waals surface area (Å²) in [4.78, 5) is 4.31. The van der Waals surface area contributed by atoms with E-state index in [1.807, 2.05) is 6.07 Å². The van der Waals surface area contributed by atoms with Crippen molar-refractivity contribution in [1.29, 1.82) is 5.26 Å². The molecule has 0 saturated carbocycles. The summed E-state index contributed by atoms with van der Waals surface area (Å²) in [6.07, 6.45) is 0. The molecule has 0 aliphatic heterocycles. The van der Waals surface area contributed by atoms with Crippen LogP contribution in [0.25, 0.3) is 0 Å². The van der Waals surface area contributed by atoms with Crippen LogP contribution in [0, 0.1) is 11.3 Å². The van der Waals surface area contributed by atoms with Crippen LogP contribution in [0.15, 0.2) is 36.4 Å². The number of nitrogens with one attached hydrogen (secondary N) is 1. The molecule has 2 aromatic rings. The van der Waals surface area contributed by atoms with Crippen LogP contribution >= 0.6 is 11.6 Å². The first-order valence-electron chi connectivity index (χ1n) is 5.69. The van der Waals surface area contributed by atoms with Gasteiger partial charge in [-0.25, -0.2) is 4.98 Å². The van der Waals surface area contributed by atoms with Crippen molar-refractivity contribution < 1.29 is 4.74 Å². The summed E-state index contributed by atoms with van der Waals surface area (Å²) in [5, 5.41) is 12.4. The number of pyridine rings is 1. The third-order valence-electron chi connectivity index (χ3n) is 2.55. The van der Waals surface area contributed by atoms with Crippen molar-refractivity contribution in [3.05, 3.63) is 52.7 Å². The number of nitriles is 1. The molecule has 0 bridgehead atoms. The molecule has 0 fully saturated rings. The summed E-state index contributed by atoms with van der Waals surface area (Å²) in [5.41, 5.74) is 1.12. The zero-order chi connectivity index (χ0) is 13.7. The molecule has 1 aromatic carbocycles. The lowest BCUT2D eigenvalue weighted by molar-refractivity contribution is 0.301. The molecule has 5 heteroatoms. The van der Waals surface area contributed by atoms with Gasteiger partial charge in [-0.1, -0.05) is 23.7 Å². The third-order valence-corrected chi connectivity index (χ3v) is 2.89. The van der Waals surface area contributed by atoms with Crippen molar-refractivity contribution >= 4 is 17.4 Å². The lowest BCUT2D eigenvalue weighted by Gasteiger charge is -2.09. The quantitative estimate of drug-likeness (QED) is 0.929. The third kappa shape index (κ3) is 3.15. The Labute approximate surface area is 116 Å². The van der Waals surface area contributed by atoms with Crippen LogP contribution in [0.3, 0.4) is 0 Å². The first kappa shape index (κ1) is 13.2. The molecular formula is C14H12ClN3O. The average Bonchev–Trinajstić information content (AvgIpc) is 2.46. The summed E-state index contributed by atoms with van der Waals surface area (Å²) in [5.74, 6) is 1.24. The number of rotatable bonds is 4. The number of halogens is 1. The van der Waals surface area contributed by atoms with Gasteiger partial charge in [-0.05, 0) is 24.3 Å². The minimum Gasteiger partial charge on any atom is -0.486 e. The van der Waals surface area contributed by atoms with Crippen molar-refractivity contribution in [2.24, 2.45) is 0 Å². The molecule has 0 unspecified atom stereocenters. The van der Waals surface area contributed by atoms with Gasteiger partial charge in [0.15, 0.2) is 0 Å². The molecule has 96 valence electrons. The second-order valence-corrected chi connectivity index (χ2v) is 4.18. The molecule has 1 N–H and O–H groups in total. The molecule has 0 saturated heterocycles. The zero-order valence-electron chi connectivity index (χ0n) is 10.4. The monoisotopic (exact) mass is 273 g/mol. The molecule has 0 amide bonds. The molecular weight excluding hydrogens is 262 g/mol. The Hall–Kier alpha value is -2.25. The van der Waals surface area contributed by atoms with Gasteiger partial charge in [0.05, 0.1) is 16.3 Å². The minimum absolute atomic E-state index is 0.215. The van der Waals surface area contributed by atoms with E-state index in [0.717, 1.165) is 5.82 Å². The first-order chi connectivity index (χ1) is 9.24. The fourth-order valence-corrected chi connectivity index (χ4v) is 1.72. The highest BCUT2D eigenvalue weighted by Crippen LogP contribution is 2.21. The predicted octanol–water partition coefficient (Wildman–Crippen LogP) is 3.23. The Morgan fingerprint density at radius 1 is 1.32 bits per heavy atom. The summed E-state index contributed by atoms with van der Waals surface area (Å²) >= 11 is 6.06. The van der Waals surface area contributed by atoms with E-state index in [0.29, 0.717) is 22.0 Å². The zero-order valence-corrected chi connectivity index (χ0v) is 11.1. The number of hydrogen-bond acceptors (Lipinski definition) is 4. The Balaban J connectivity index is 2.17. The maximum atomic E-state index is 8.97. The van der Waals surface area contributed by atoms with Gasteiger partial charge >= 0.3 is 0 Å². The number of para-hydroxylation sites is 1. The van der Waals surface area contributed by atoms with Crippen LogP contribution in [0.2, 0.25) is 5.02 Å². The van der Waals surface area contributed by atoms with Gasteiger partial charge in [0.2, 0.25) is 0 Å². The van der Waals surface area contributed by atoms with E-state index in [4.69, 9.17) is 21.6 Å². The lowest BCUT2D eigenvalue weighted by atomic mass is 10.2. The van der Waals surface area contributed by atoms with E-state index in [2.05, 4.69) is 16.4 Å². The SMILES string of the molecule is CNc1ccc(Cl)c(COc2ccccc2C#N)n1. The standard InChI is InChI=1S/C14H12ClN3O/c1-17-14-7-6-11(15)12(18-14)9-19-13-5-3-2-4-10(13)8-16/h2-7H,9H2,1H3,(H,17,18). The first-order valence-corrected chi connectivity index (χ1v) is 6.07. The van der Waals surface area contributed by atoms with Crippen LogP contribution in [-0.4, -0.2) is 12.0 Å². The van der Waals surface area contributed by atoms with Gasteiger partial charge in [-0.15, -0.1) is 0 Å². The Morgan fingerprint density at radius 2 is 2.11 bits per heavy atom. The molecule has 0 aliphatic rings. The van der Waals surface area contributed by atoms with Crippen molar-refractivity contribution in [2.75, 3.05) is 12.4 Å². The molecule has 19 heavy (non-hydrogen) atoms. The van der Waals surface area contributed by atoms with Crippen molar-refractivity contribution in [3.63, 3.8) is 0 Å². The Morgan fingerprint density at radius 3 is 2.84 bits per heavy atom. The van der Waals surface area contributed by atoms with Crippen molar-refractivity contribution in [1.82, 2.24) is 4.98 Å². The molecule has 0 atom stereocenters. The lowest BCUT2D eigenvalue weighted by Crippen LogP contribution is -2.02. The van der Waals surface area contributed by atoms with E-state index in [1.165, 1.54) is 0 Å². The fraction of sp³-hybridized carbons (Fsp3) is 0.143. The minimum atomic E-state index is 0.215. The van der Waals surface area contributed by atoms with Crippen LogP contribution in [0.5, 0.6) is 5.75 Å². The van der Waals surface area contributed by atoms with Crippen LogP contribution in [0.4, 0.5) is 5.82 Å². The Bertz CT molecular complexity index is 622. The van der Waals surface area contributed by atoms with Crippen molar-refractivity contribution in [3.8, 4) is 11.8 Å². The fourth-order valence-electron chi connectivity index (χ4n) is 1.56. The van der Waals surface area contributed by atoms with E-state index < -0.39 is 0 Å². The second kappa shape index (κ2) is 6.07. The highest BCUT2D eigenvalue weighted by Gasteiger charge is 2.07. The van der Waals surface area contributed by atoms with Gasteiger partial charge in [0.25, 0.3) is 0 Å². The van der Waals surface area contributed by atoms with Gasteiger partial charge in [0.1, 0.15) is 24.2 Å². The maximum absolute atomic E-state index is 8.97. The number of aromatic nitrogens is 1. The van der Waals surface area contributed by atoms with E-state index >= 15 is 0 Å². The normalized spacial score (nSPS) is 9.74. The van der Waals surface area contributed by atoms with Gasteiger partial charge in [-0.2, -0.15) is 5.26 Å². The average molecular weight is 274 g/mol. The second-order valence-electron chi connectivity index (χ2n) is 3.77. The maximum Gasteiger partial charge on any atom is 0.137 e. The van der Waals surface area contributed by atoms with Crippen LogP contribution in [0.1, 0.15) is 11.3 Å². The van der Waals surface area contributed by atoms with E-state index in [9.17, 15) is 0 Å². The van der Waals surface area contributed by atoms with E-state index in [-0.39, 0.29) is 6.61 Å².